The summed E-state index contributed by atoms with van der Waals surface area (Å²) in [6.07, 6.45) is 1.62. The van der Waals surface area contributed by atoms with E-state index < -0.39 is 17.1 Å². The van der Waals surface area contributed by atoms with Gasteiger partial charge in [0.25, 0.3) is 11.1 Å². The number of nitrogens with zero attached hydrogens (tertiary/aromatic N) is 1. The third kappa shape index (κ3) is 5.98. The van der Waals surface area contributed by atoms with Crippen molar-refractivity contribution in [3.05, 3.63) is 98.4 Å². The number of aryl methyl sites for hydroxylation is 3. The molecule has 3 aromatic carbocycles. The first-order valence-electron chi connectivity index (χ1n) is 11.3. The molecule has 1 aliphatic heterocycles. The summed E-state index contributed by atoms with van der Waals surface area (Å²) in [6.45, 7) is 5.76. The molecule has 0 bridgehead atoms. The summed E-state index contributed by atoms with van der Waals surface area (Å²) in [5, 5.41) is 3.00. The van der Waals surface area contributed by atoms with Crippen molar-refractivity contribution in [2.75, 3.05) is 11.9 Å². The van der Waals surface area contributed by atoms with E-state index in [4.69, 9.17) is 16.3 Å². The number of nitrogens with one attached hydrogen (secondary N) is 1. The molecule has 8 heteroatoms. The SMILES string of the molecule is Cc1cc(C)c(NC(=O)CN2C(=O)S/C(=C/c3ccccc3OCc3ccc(Cl)cc3)C2=O)c(C)c1. The third-order valence-corrected chi connectivity index (χ3v) is 6.79. The molecular weight excluding hydrogens is 496 g/mol. The number of hydrogen-bond acceptors (Lipinski definition) is 5. The van der Waals surface area contributed by atoms with Crippen LogP contribution in [0.25, 0.3) is 6.08 Å². The maximum Gasteiger partial charge on any atom is 0.294 e. The summed E-state index contributed by atoms with van der Waals surface area (Å²) >= 11 is 6.74. The molecule has 0 aromatic heterocycles. The smallest absolute Gasteiger partial charge is 0.294 e. The zero-order valence-electron chi connectivity index (χ0n) is 20.1. The van der Waals surface area contributed by atoms with Crippen LogP contribution in [0.5, 0.6) is 5.75 Å². The van der Waals surface area contributed by atoms with Crippen LogP contribution in [-0.4, -0.2) is 28.5 Å². The molecule has 4 rings (SSSR count). The Morgan fingerprint density at radius 1 is 1.03 bits per heavy atom. The molecule has 6 nitrogen and oxygen atoms in total. The summed E-state index contributed by atoms with van der Waals surface area (Å²) in [5.41, 5.74) is 5.23. The van der Waals surface area contributed by atoms with Crippen LogP contribution in [0.2, 0.25) is 5.02 Å². The maximum atomic E-state index is 13.0. The van der Waals surface area contributed by atoms with Gasteiger partial charge in [0.1, 0.15) is 18.9 Å². The Balaban J connectivity index is 1.46. The van der Waals surface area contributed by atoms with E-state index in [-0.39, 0.29) is 11.4 Å². The minimum absolute atomic E-state index is 0.234. The number of carbonyl (C=O) groups excluding carboxylic acids is 3. The molecule has 1 saturated heterocycles. The number of hydrogen-bond donors (Lipinski definition) is 1. The normalized spacial score (nSPS) is 14.4. The number of imide groups is 1. The van der Waals surface area contributed by atoms with E-state index in [1.165, 1.54) is 0 Å². The van der Waals surface area contributed by atoms with Gasteiger partial charge in [0.05, 0.1) is 4.91 Å². The Bertz CT molecular complexity index is 1350. The Hall–Kier alpha value is -3.55. The Morgan fingerprint density at radius 3 is 2.39 bits per heavy atom. The number of amides is 3. The van der Waals surface area contributed by atoms with Gasteiger partial charge in [0, 0.05) is 16.3 Å². The van der Waals surface area contributed by atoms with E-state index in [9.17, 15) is 14.4 Å². The highest BCUT2D eigenvalue weighted by atomic mass is 35.5. The van der Waals surface area contributed by atoms with E-state index in [0.717, 1.165) is 38.9 Å². The number of ether oxygens (including phenoxy) is 1. The summed E-state index contributed by atoms with van der Waals surface area (Å²) in [4.78, 5) is 39.5. The zero-order valence-corrected chi connectivity index (χ0v) is 21.7. The van der Waals surface area contributed by atoms with Crippen LogP contribution < -0.4 is 10.1 Å². The van der Waals surface area contributed by atoms with E-state index >= 15 is 0 Å². The van der Waals surface area contributed by atoms with Gasteiger partial charge in [-0.2, -0.15) is 0 Å². The summed E-state index contributed by atoms with van der Waals surface area (Å²) in [7, 11) is 0. The van der Waals surface area contributed by atoms with Gasteiger partial charge < -0.3 is 10.1 Å². The lowest BCUT2D eigenvalue weighted by Gasteiger charge is -2.16. The second-order valence-corrected chi connectivity index (χ2v) is 9.97. The van der Waals surface area contributed by atoms with Crippen molar-refractivity contribution in [2.45, 2.75) is 27.4 Å². The number of thioether (sulfide) groups is 1. The first kappa shape index (κ1) is 25.5. The van der Waals surface area contributed by atoms with Gasteiger partial charge in [0.15, 0.2) is 0 Å². The number of para-hydroxylation sites is 1. The number of halogens is 1. The molecule has 1 fully saturated rings. The molecular formula is C28H25ClN2O4S. The summed E-state index contributed by atoms with van der Waals surface area (Å²) < 4.78 is 5.95. The van der Waals surface area contributed by atoms with E-state index in [1.807, 2.05) is 57.2 Å². The summed E-state index contributed by atoms with van der Waals surface area (Å²) in [6, 6.07) is 18.5. The fourth-order valence-electron chi connectivity index (χ4n) is 3.95. The van der Waals surface area contributed by atoms with E-state index in [2.05, 4.69) is 5.32 Å². The molecule has 0 aliphatic carbocycles. The molecule has 0 saturated carbocycles. The quantitative estimate of drug-likeness (QED) is 0.359. The van der Waals surface area contributed by atoms with Crippen molar-refractivity contribution in [1.82, 2.24) is 4.90 Å². The molecule has 1 heterocycles. The largest absolute Gasteiger partial charge is 0.488 e. The molecule has 3 amide bonds. The van der Waals surface area contributed by atoms with Gasteiger partial charge in [-0.15, -0.1) is 0 Å². The first-order chi connectivity index (χ1) is 17.2. The van der Waals surface area contributed by atoms with Gasteiger partial charge in [-0.05, 0) is 73.5 Å². The topological polar surface area (TPSA) is 75.7 Å². The van der Waals surface area contributed by atoms with Crippen LogP contribution >= 0.6 is 23.4 Å². The second kappa shape index (κ2) is 11.0. The third-order valence-electron chi connectivity index (χ3n) is 5.63. The monoisotopic (exact) mass is 520 g/mol. The average Bonchev–Trinajstić information content (AvgIpc) is 3.09. The molecule has 0 unspecified atom stereocenters. The van der Waals surface area contributed by atoms with E-state index in [1.54, 1.807) is 30.3 Å². The molecule has 3 aromatic rings. The van der Waals surface area contributed by atoms with Gasteiger partial charge in [-0.3, -0.25) is 19.3 Å². The molecule has 0 radical (unpaired) electrons. The number of carbonyl (C=O) groups is 3. The average molecular weight is 521 g/mol. The van der Waals surface area contributed by atoms with E-state index in [0.29, 0.717) is 28.6 Å². The molecule has 36 heavy (non-hydrogen) atoms. The first-order valence-corrected chi connectivity index (χ1v) is 12.5. The maximum absolute atomic E-state index is 13.0. The van der Waals surface area contributed by atoms with Crippen molar-refractivity contribution in [3.63, 3.8) is 0 Å². The minimum atomic E-state index is -0.509. The van der Waals surface area contributed by atoms with Gasteiger partial charge in [-0.1, -0.05) is 59.6 Å². The van der Waals surface area contributed by atoms with Crippen molar-refractivity contribution < 1.29 is 19.1 Å². The lowest BCUT2D eigenvalue weighted by atomic mass is 10.1. The van der Waals surface area contributed by atoms with Gasteiger partial charge in [0.2, 0.25) is 5.91 Å². The van der Waals surface area contributed by atoms with Crippen LogP contribution in [0.3, 0.4) is 0 Å². The number of anilines is 1. The Kier molecular flexibility index (Phi) is 7.82. The Labute approximate surface area is 219 Å². The predicted molar refractivity (Wildman–Crippen MR) is 144 cm³/mol. The van der Waals surface area contributed by atoms with Crippen LogP contribution in [0.4, 0.5) is 10.5 Å². The number of rotatable bonds is 7. The highest BCUT2D eigenvalue weighted by molar-refractivity contribution is 8.18. The van der Waals surface area contributed by atoms with Crippen molar-refractivity contribution in [1.29, 1.82) is 0 Å². The summed E-state index contributed by atoms with van der Waals surface area (Å²) in [5.74, 6) is -0.368. The Morgan fingerprint density at radius 2 is 1.69 bits per heavy atom. The van der Waals surface area contributed by atoms with Crippen LogP contribution in [-0.2, 0) is 16.2 Å². The second-order valence-electron chi connectivity index (χ2n) is 8.54. The van der Waals surface area contributed by atoms with Crippen LogP contribution in [0.15, 0.2) is 65.6 Å². The molecule has 184 valence electrons. The molecule has 1 aliphatic rings. The highest BCUT2D eigenvalue weighted by Crippen LogP contribution is 2.34. The van der Waals surface area contributed by atoms with Crippen molar-refractivity contribution in [2.24, 2.45) is 0 Å². The highest BCUT2D eigenvalue weighted by Gasteiger charge is 2.36. The lowest BCUT2D eigenvalue weighted by Crippen LogP contribution is -2.36. The van der Waals surface area contributed by atoms with Crippen molar-refractivity contribution in [3.8, 4) is 5.75 Å². The molecule has 0 spiro atoms. The molecule has 1 N–H and O–H groups in total. The van der Waals surface area contributed by atoms with Crippen LogP contribution in [0.1, 0.15) is 27.8 Å². The molecule has 0 atom stereocenters. The van der Waals surface area contributed by atoms with Gasteiger partial charge in [-0.25, -0.2) is 0 Å². The predicted octanol–water partition coefficient (Wildman–Crippen LogP) is 6.52. The number of benzene rings is 3. The fraction of sp³-hybridized carbons (Fsp3) is 0.179. The lowest BCUT2D eigenvalue weighted by molar-refractivity contribution is -0.127. The zero-order chi connectivity index (χ0) is 25.8. The standard InChI is InChI=1S/C28H25ClN2O4S/c1-17-12-18(2)26(19(3)13-17)30-25(32)15-31-27(33)24(36-28(31)34)14-21-6-4-5-7-23(21)35-16-20-8-10-22(29)11-9-20/h4-14H,15-16H2,1-3H3,(H,30,32)/b24-14+. The fourth-order valence-corrected chi connectivity index (χ4v) is 4.91. The van der Waals surface area contributed by atoms with Gasteiger partial charge >= 0.3 is 0 Å². The van der Waals surface area contributed by atoms with Crippen LogP contribution in [0, 0.1) is 20.8 Å². The van der Waals surface area contributed by atoms with Crippen molar-refractivity contribution >= 4 is 52.2 Å². The minimum Gasteiger partial charge on any atom is -0.488 e.